The van der Waals surface area contributed by atoms with Crippen molar-refractivity contribution < 1.29 is 43.7 Å². The number of ether oxygens (including phenoxy) is 4. The summed E-state index contributed by atoms with van der Waals surface area (Å²) in [5.74, 6) is -0.823. The van der Waals surface area contributed by atoms with Crippen LogP contribution < -0.4 is 9.47 Å². The number of hydrogen-bond donors (Lipinski definition) is 2. The normalized spacial score (nSPS) is 23.1. The van der Waals surface area contributed by atoms with Crippen molar-refractivity contribution in [1.82, 2.24) is 4.90 Å². The number of nitro groups is 1. The Hall–Kier alpha value is -5.50. The smallest absolute Gasteiger partial charge is 0.410 e. The highest BCUT2D eigenvalue weighted by atomic mass is 16.7. The van der Waals surface area contributed by atoms with Gasteiger partial charge < -0.3 is 34.0 Å². The van der Waals surface area contributed by atoms with Crippen LogP contribution in [0.5, 0.6) is 11.5 Å². The number of amides is 1. The van der Waals surface area contributed by atoms with Crippen molar-refractivity contribution in [3.8, 4) is 11.5 Å². The number of nitro benzene ring substituents is 1. The molecule has 326 valence electrons. The maximum absolute atomic E-state index is 14.5. The molecule has 2 aliphatic carbocycles. The molecule has 0 bridgehead atoms. The van der Waals surface area contributed by atoms with Crippen molar-refractivity contribution in [1.29, 1.82) is 0 Å². The molecule has 1 heterocycles. The minimum atomic E-state index is -1.44. The first-order valence-electron chi connectivity index (χ1n) is 21.4. The van der Waals surface area contributed by atoms with Gasteiger partial charge in [-0.1, -0.05) is 80.1 Å². The molecule has 61 heavy (non-hydrogen) atoms. The fourth-order valence-corrected chi connectivity index (χ4v) is 9.21. The van der Waals surface area contributed by atoms with Crippen LogP contribution in [0.15, 0.2) is 115 Å². The van der Waals surface area contributed by atoms with Crippen LogP contribution in [0.3, 0.4) is 0 Å². The van der Waals surface area contributed by atoms with Gasteiger partial charge in [-0.2, -0.15) is 0 Å². The Bertz CT molecular complexity index is 2000. The maximum atomic E-state index is 14.5. The van der Waals surface area contributed by atoms with E-state index in [1.165, 1.54) is 12.1 Å². The number of fused-ring (bicyclic) bond motifs is 2. The second kappa shape index (κ2) is 21.8. The van der Waals surface area contributed by atoms with Gasteiger partial charge in [0, 0.05) is 49.8 Å². The van der Waals surface area contributed by atoms with Gasteiger partial charge in [0.05, 0.1) is 23.2 Å². The minimum Gasteiger partial charge on any atom is -0.490 e. The molecule has 0 aromatic heterocycles. The second-order valence-electron chi connectivity index (χ2n) is 15.8. The molecule has 6 unspecified atom stereocenters. The third-order valence-electron chi connectivity index (χ3n) is 11.8. The van der Waals surface area contributed by atoms with Crippen molar-refractivity contribution in [3.63, 3.8) is 0 Å². The molecular formula is C48H59N3O10. The Labute approximate surface area is 358 Å². The Kier molecular flexibility index (Phi) is 16.1. The molecule has 6 atom stereocenters. The van der Waals surface area contributed by atoms with E-state index >= 15 is 0 Å². The van der Waals surface area contributed by atoms with Crippen LogP contribution in [0, 0.1) is 27.9 Å². The molecule has 2 N–H and O–H groups in total. The van der Waals surface area contributed by atoms with Crippen LogP contribution in [-0.4, -0.2) is 76.6 Å². The van der Waals surface area contributed by atoms with Crippen molar-refractivity contribution in [2.45, 2.75) is 89.3 Å². The predicted molar refractivity (Wildman–Crippen MR) is 232 cm³/mol. The molecule has 6 rings (SSSR count). The molecular weight excluding hydrogens is 779 g/mol. The van der Waals surface area contributed by atoms with E-state index in [9.17, 15) is 25.1 Å². The average molecular weight is 838 g/mol. The SMILES string of the molecule is C=CCOc1ccc2c(c1)C1C(CCCCO)C(CCCCO)C=C3C(=NOCc4ccc([N+](=O)[O-])cc4)CC(N(CCC)C(=O)OCc4ccccc4)C(OCC=C)(O2)C31. The van der Waals surface area contributed by atoms with Crippen molar-refractivity contribution in [3.05, 3.63) is 137 Å². The Balaban J connectivity index is 1.54. The van der Waals surface area contributed by atoms with Crippen LogP contribution in [0.2, 0.25) is 0 Å². The number of aliphatic hydroxyl groups excluding tert-OH is 2. The fraction of sp³-hybridized carbons (Fsp3) is 0.458. The van der Waals surface area contributed by atoms with E-state index < -0.39 is 28.8 Å². The Morgan fingerprint density at radius 3 is 2.38 bits per heavy atom. The lowest BCUT2D eigenvalue weighted by Crippen LogP contribution is -2.70. The molecule has 1 aliphatic heterocycles. The van der Waals surface area contributed by atoms with Gasteiger partial charge in [0.2, 0.25) is 5.79 Å². The monoisotopic (exact) mass is 837 g/mol. The summed E-state index contributed by atoms with van der Waals surface area (Å²) in [5, 5.41) is 36.0. The number of hydrogen-bond acceptors (Lipinski definition) is 11. The highest BCUT2D eigenvalue weighted by Crippen LogP contribution is 2.62. The number of unbranched alkanes of at least 4 members (excludes halogenated alkanes) is 2. The molecule has 3 aromatic rings. The highest BCUT2D eigenvalue weighted by molar-refractivity contribution is 6.03. The summed E-state index contributed by atoms with van der Waals surface area (Å²) in [5.41, 5.74) is 3.99. The van der Waals surface area contributed by atoms with Crippen LogP contribution >= 0.6 is 0 Å². The number of allylic oxidation sites excluding steroid dienone is 1. The summed E-state index contributed by atoms with van der Waals surface area (Å²) < 4.78 is 26.5. The largest absolute Gasteiger partial charge is 0.490 e. The average Bonchev–Trinajstić information content (AvgIpc) is 3.28. The number of nitrogens with zero attached hydrogens (tertiary/aromatic N) is 3. The lowest BCUT2D eigenvalue weighted by atomic mass is 9.55. The first-order chi connectivity index (χ1) is 29.8. The van der Waals surface area contributed by atoms with Gasteiger partial charge in [-0.15, -0.1) is 6.58 Å². The van der Waals surface area contributed by atoms with Gasteiger partial charge in [0.1, 0.15) is 37.4 Å². The number of carbonyl (C=O) groups is 1. The van der Waals surface area contributed by atoms with Crippen LogP contribution in [0.25, 0.3) is 0 Å². The van der Waals surface area contributed by atoms with Crippen LogP contribution in [0.1, 0.15) is 80.9 Å². The van der Waals surface area contributed by atoms with Gasteiger partial charge in [0.25, 0.3) is 5.69 Å². The van der Waals surface area contributed by atoms with Crippen molar-refractivity contribution in [2.75, 3.05) is 33.0 Å². The van der Waals surface area contributed by atoms with Gasteiger partial charge in [-0.3, -0.25) is 15.0 Å². The lowest BCUT2D eigenvalue weighted by Gasteiger charge is -2.59. The summed E-state index contributed by atoms with van der Waals surface area (Å²) >= 11 is 0. The van der Waals surface area contributed by atoms with Crippen molar-refractivity contribution >= 4 is 17.5 Å². The third-order valence-corrected chi connectivity index (χ3v) is 11.8. The topological polar surface area (TPSA) is 162 Å². The standard InChI is InChI=1S/C48H59N3O10/c1-4-24-50(47(54)58-32-34-14-8-7-9-15-34)44-31-42(49-60-33-35-18-20-37(21-19-35)51(55)56)40-29-36(16-10-12-25-52)39(17-11-13-26-53)45-41-30-38(57-27-5-2)22-23-43(41)61-48(44,46(40)45)59-28-6-3/h5-9,14-15,18-23,29-30,36,39,44-46,52-53H,2-4,10-13,16-17,24-28,31-33H2,1H3. The zero-order valence-corrected chi connectivity index (χ0v) is 35.1. The summed E-state index contributed by atoms with van der Waals surface area (Å²) in [6.45, 7) is 10.9. The van der Waals surface area contributed by atoms with E-state index in [0.29, 0.717) is 55.2 Å². The minimum absolute atomic E-state index is 0.0222. The Morgan fingerprint density at radius 2 is 1.69 bits per heavy atom. The zero-order valence-electron chi connectivity index (χ0n) is 35.1. The number of rotatable bonds is 23. The molecule has 3 aliphatic rings. The van der Waals surface area contributed by atoms with E-state index in [1.807, 2.05) is 55.5 Å². The molecule has 1 fully saturated rings. The highest BCUT2D eigenvalue weighted by Gasteiger charge is 2.65. The first-order valence-corrected chi connectivity index (χ1v) is 21.4. The molecule has 0 saturated heterocycles. The van der Waals surface area contributed by atoms with Crippen molar-refractivity contribution in [2.24, 2.45) is 22.9 Å². The second-order valence-corrected chi connectivity index (χ2v) is 15.8. The molecule has 1 saturated carbocycles. The summed E-state index contributed by atoms with van der Waals surface area (Å²) in [6.07, 6.45) is 10.4. The van der Waals surface area contributed by atoms with Gasteiger partial charge in [0.15, 0.2) is 0 Å². The molecule has 0 spiro atoms. The molecule has 0 radical (unpaired) electrons. The molecule has 13 nitrogen and oxygen atoms in total. The number of non-ortho nitro benzene ring substituents is 1. The van der Waals surface area contributed by atoms with E-state index in [2.05, 4.69) is 19.2 Å². The third kappa shape index (κ3) is 10.5. The van der Waals surface area contributed by atoms with Crippen LogP contribution in [-0.2, 0) is 27.5 Å². The van der Waals surface area contributed by atoms with Gasteiger partial charge in [-0.25, -0.2) is 4.79 Å². The zero-order chi connectivity index (χ0) is 43.2. The predicted octanol–water partition coefficient (Wildman–Crippen LogP) is 9.04. The van der Waals surface area contributed by atoms with E-state index in [-0.39, 0.29) is 62.9 Å². The molecule has 1 amide bonds. The molecule has 13 heteroatoms. The first kappa shape index (κ1) is 45.0. The number of benzene rings is 3. The Morgan fingerprint density at radius 1 is 0.967 bits per heavy atom. The van der Waals surface area contributed by atoms with E-state index in [4.69, 9.17) is 28.9 Å². The maximum Gasteiger partial charge on any atom is 0.410 e. The number of aliphatic hydroxyl groups is 2. The number of oxime groups is 1. The van der Waals surface area contributed by atoms with Gasteiger partial charge >= 0.3 is 6.09 Å². The van der Waals surface area contributed by atoms with Crippen LogP contribution in [0.4, 0.5) is 10.5 Å². The fourth-order valence-electron chi connectivity index (χ4n) is 9.21. The lowest BCUT2D eigenvalue weighted by molar-refractivity contribution is -0.384. The summed E-state index contributed by atoms with van der Waals surface area (Å²) in [6, 6.07) is 20.8. The summed E-state index contributed by atoms with van der Waals surface area (Å²) in [7, 11) is 0. The molecule has 3 aromatic carbocycles. The summed E-state index contributed by atoms with van der Waals surface area (Å²) in [4.78, 5) is 33.2. The van der Waals surface area contributed by atoms with E-state index in [1.54, 1.807) is 29.2 Å². The quantitative estimate of drug-likeness (QED) is 0.0408. The van der Waals surface area contributed by atoms with Gasteiger partial charge in [-0.05, 0) is 91.0 Å². The number of carbonyl (C=O) groups excluding carboxylic acids is 1. The van der Waals surface area contributed by atoms with E-state index in [0.717, 1.165) is 42.4 Å².